The highest BCUT2D eigenvalue weighted by Crippen LogP contribution is 2.32. The molecule has 1 aromatic rings. The number of carbonyl (C=O) groups excluding carboxylic acids is 1. The van der Waals surface area contributed by atoms with E-state index in [1.807, 2.05) is 30.5 Å². The van der Waals surface area contributed by atoms with Crippen molar-refractivity contribution in [3.05, 3.63) is 34.7 Å². The van der Waals surface area contributed by atoms with Gasteiger partial charge in [0.2, 0.25) is 5.91 Å². The molecule has 1 aliphatic heterocycles. The lowest BCUT2D eigenvalue weighted by Gasteiger charge is -2.31. The molecule has 0 bridgehead atoms. The molecule has 5 nitrogen and oxygen atoms in total. The SMILES string of the molecule is COc1ccc(C2=CSCC(=O)N2C(C)C(=O)O)cc1C. The number of carboxylic acid groups (broad SMARTS) is 1. The van der Waals surface area contributed by atoms with Crippen molar-refractivity contribution in [2.45, 2.75) is 19.9 Å². The number of amides is 1. The van der Waals surface area contributed by atoms with Crippen LogP contribution in [-0.4, -0.2) is 40.8 Å². The quantitative estimate of drug-likeness (QED) is 0.925. The number of carbonyl (C=O) groups is 2. The lowest BCUT2D eigenvalue weighted by atomic mass is 10.1. The summed E-state index contributed by atoms with van der Waals surface area (Å²) in [5.41, 5.74) is 2.36. The number of thioether (sulfide) groups is 1. The van der Waals surface area contributed by atoms with Crippen molar-refractivity contribution in [2.75, 3.05) is 12.9 Å². The van der Waals surface area contributed by atoms with Crippen LogP contribution in [0.4, 0.5) is 0 Å². The number of benzene rings is 1. The Morgan fingerprint density at radius 1 is 1.48 bits per heavy atom. The number of aryl methyl sites for hydroxylation is 1. The molecule has 0 saturated carbocycles. The fourth-order valence-electron chi connectivity index (χ4n) is 2.23. The van der Waals surface area contributed by atoms with Crippen LogP contribution in [0.25, 0.3) is 5.70 Å². The van der Waals surface area contributed by atoms with E-state index in [0.29, 0.717) is 5.70 Å². The molecule has 0 saturated heterocycles. The van der Waals surface area contributed by atoms with Crippen LogP contribution in [-0.2, 0) is 9.59 Å². The van der Waals surface area contributed by atoms with Crippen molar-refractivity contribution in [1.29, 1.82) is 0 Å². The Bertz CT molecular complexity index is 612. The second-order valence-electron chi connectivity index (χ2n) is 4.78. The Morgan fingerprint density at radius 2 is 2.19 bits per heavy atom. The number of hydrogen-bond donors (Lipinski definition) is 1. The monoisotopic (exact) mass is 307 g/mol. The van der Waals surface area contributed by atoms with E-state index < -0.39 is 12.0 Å². The van der Waals surface area contributed by atoms with Gasteiger partial charge in [0.1, 0.15) is 11.8 Å². The topological polar surface area (TPSA) is 66.8 Å². The number of methoxy groups -OCH3 is 1. The number of nitrogens with zero attached hydrogens (tertiary/aromatic N) is 1. The van der Waals surface area contributed by atoms with Gasteiger partial charge in [-0.3, -0.25) is 9.69 Å². The molecule has 2 rings (SSSR count). The molecule has 0 radical (unpaired) electrons. The van der Waals surface area contributed by atoms with Crippen LogP contribution in [0.15, 0.2) is 23.6 Å². The summed E-state index contributed by atoms with van der Waals surface area (Å²) in [5, 5.41) is 11.0. The highest BCUT2D eigenvalue weighted by molar-refractivity contribution is 8.03. The van der Waals surface area contributed by atoms with Gasteiger partial charge in [-0.05, 0) is 48.6 Å². The minimum absolute atomic E-state index is 0.194. The number of ether oxygens (including phenoxy) is 1. The molecule has 0 aromatic heterocycles. The first-order chi connectivity index (χ1) is 9.95. The summed E-state index contributed by atoms with van der Waals surface area (Å²) < 4.78 is 5.22. The van der Waals surface area contributed by atoms with Gasteiger partial charge in [-0.2, -0.15) is 0 Å². The number of aliphatic carboxylic acids is 1. The minimum atomic E-state index is -1.02. The van der Waals surface area contributed by atoms with Crippen molar-refractivity contribution < 1.29 is 19.4 Å². The normalized spacial score (nSPS) is 16.4. The molecule has 1 aliphatic rings. The Kier molecular flexibility index (Phi) is 4.57. The summed E-state index contributed by atoms with van der Waals surface area (Å²) in [6.07, 6.45) is 0. The van der Waals surface area contributed by atoms with E-state index in [1.54, 1.807) is 7.11 Å². The summed E-state index contributed by atoms with van der Waals surface area (Å²) >= 11 is 1.38. The zero-order chi connectivity index (χ0) is 15.6. The summed E-state index contributed by atoms with van der Waals surface area (Å²) in [4.78, 5) is 24.7. The van der Waals surface area contributed by atoms with Crippen LogP contribution >= 0.6 is 11.8 Å². The second-order valence-corrected chi connectivity index (χ2v) is 5.63. The predicted molar refractivity (Wildman–Crippen MR) is 82.1 cm³/mol. The summed E-state index contributed by atoms with van der Waals surface area (Å²) in [7, 11) is 1.60. The van der Waals surface area contributed by atoms with Gasteiger partial charge in [-0.25, -0.2) is 4.79 Å². The highest BCUT2D eigenvalue weighted by Gasteiger charge is 2.31. The van der Waals surface area contributed by atoms with Gasteiger partial charge in [-0.1, -0.05) is 0 Å². The largest absolute Gasteiger partial charge is 0.496 e. The molecule has 1 amide bonds. The van der Waals surface area contributed by atoms with Crippen LogP contribution in [0.3, 0.4) is 0 Å². The molecule has 0 aliphatic carbocycles. The molecular weight excluding hydrogens is 290 g/mol. The molecule has 1 N–H and O–H groups in total. The van der Waals surface area contributed by atoms with Crippen molar-refractivity contribution >= 4 is 29.3 Å². The lowest BCUT2D eigenvalue weighted by molar-refractivity contribution is -0.145. The first-order valence-electron chi connectivity index (χ1n) is 6.47. The van der Waals surface area contributed by atoms with Gasteiger partial charge in [0.15, 0.2) is 0 Å². The molecule has 0 fully saturated rings. The second kappa shape index (κ2) is 6.22. The van der Waals surface area contributed by atoms with Gasteiger partial charge in [0.25, 0.3) is 0 Å². The van der Waals surface area contributed by atoms with Gasteiger partial charge < -0.3 is 9.84 Å². The Morgan fingerprint density at radius 3 is 2.76 bits per heavy atom. The summed E-state index contributed by atoms with van der Waals surface area (Å²) in [6.45, 7) is 3.42. The molecular formula is C15H17NO4S. The van der Waals surface area contributed by atoms with E-state index in [1.165, 1.54) is 23.6 Å². The lowest BCUT2D eigenvalue weighted by Crippen LogP contribution is -2.44. The molecule has 1 unspecified atom stereocenters. The van der Waals surface area contributed by atoms with Crippen LogP contribution in [0.2, 0.25) is 0 Å². The zero-order valence-corrected chi connectivity index (χ0v) is 12.9. The van der Waals surface area contributed by atoms with Crippen molar-refractivity contribution in [2.24, 2.45) is 0 Å². The molecule has 1 heterocycles. The molecule has 1 atom stereocenters. The molecule has 1 aromatic carbocycles. The Balaban J connectivity index is 2.44. The molecule has 112 valence electrons. The van der Waals surface area contributed by atoms with E-state index >= 15 is 0 Å². The zero-order valence-electron chi connectivity index (χ0n) is 12.1. The first kappa shape index (κ1) is 15.4. The van der Waals surface area contributed by atoms with E-state index in [4.69, 9.17) is 4.74 Å². The smallest absolute Gasteiger partial charge is 0.326 e. The van der Waals surface area contributed by atoms with Crippen LogP contribution in [0, 0.1) is 6.92 Å². The number of carboxylic acids is 1. The number of hydrogen-bond acceptors (Lipinski definition) is 4. The molecule has 21 heavy (non-hydrogen) atoms. The van der Waals surface area contributed by atoms with Gasteiger partial charge >= 0.3 is 5.97 Å². The van der Waals surface area contributed by atoms with Crippen molar-refractivity contribution in [3.8, 4) is 5.75 Å². The minimum Gasteiger partial charge on any atom is -0.496 e. The standard InChI is InChI=1S/C15H17NO4S/c1-9-6-11(4-5-13(9)20-3)12-7-21-8-14(17)16(12)10(2)15(18)19/h4-7,10H,8H2,1-3H3,(H,18,19). The van der Waals surface area contributed by atoms with E-state index in [9.17, 15) is 14.7 Å². The van der Waals surface area contributed by atoms with Gasteiger partial charge in [0, 0.05) is 0 Å². The fourth-order valence-corrected chi connectivity index (χ4v) is 3.01. The van der Waals surface area contributed by atoms with Crippen molar-refractivity contribution in [3.63, 3.8) is 0 Å². The van der Waals surface area contributed by atoms with Gasteiger partial charge in [-0.15, -0.1) is 11.8 Å². The maximum atomic E-state index is 12.1. The highest BCUT2D eigenvalue weighted by atomic mass is 32.2. The average molecular weight is 307 g/mol. The van der Waals surface area contributed by atoms with E-state index in [-0.39, 0.29) is 11.7 Å². The third kappa shape index (κ3) is 3.05. The third-order valence-electron chi connectivity index (χ3n) is 3.37. The van der Waals surface area contributed by atoms with Crippen LogP contribution in [0.1, 0.15) is 18.1 Å². The van der Waals surface area contributed by atoms with Crippen molar-refractivity contribution in [1.82, 2.24) is 4.90 Å². The fraction of sp³-hybridized carbons (Fsp3) is 0.333. The van der Waals surface area contributed by atoms with Crippen LogP contribution < -0.4 is 4.74 Å². The maximum absolute atomic E-state index is 12.1. The van der Waals surface area contributed by atoms with E-state index in [2.05, 4.69) is 0 Å². The van der Waals surface area contributed by atoms with Gasteiger partial charge in [0.05, 0.1) is 18.6 Å². The Labute approximate surface area is 127 Å². The van der Waals surface area contributed by atoms with Crippen LogP contribution in [0.5, 0.6) is 5.75 Å². The third-order valence-corrected chi connectivity index (χ3v) is 4.17. The molecule has 6 heteroatoms. The average Bonchev–Trinajstić information content (AvgIpc) is 2.46. The summed E-state index contributed by atoms with van der Waals surface area (Å²) in [5.74, 6) is -0.199. The predicted octanol–water partition coefficient (Wildman–Crippen LogP) is 2.35. The molecule has 0 spiro atoms. The Hall–Kier alpha value is -1.95. The maximum Gasteiger partial charge on any atom is 0.326 e. The first-order valence-corrected chi connectivity index (χ1v) is 7.52. The number of rotatable bonds is 4. The van der Waals surface area contributed by atoms with E-state index in [0.717, 1.165) is 16.9 Å². The summed E-state index contributed by atoms with van der Waals surface area (Å²) in [6, 6.07) is 4.65.